The molecule has 0 aliphatic heterocycles. The number of nitrogens with one attached hydrogen (secondary N) is 2. The number of phenols is 1. The van der Waals surface area contributed by atoms with Crippen LogP contribution in [0, 0.1) is 5.82 Å². The highest BCUT2D eigenvalue weighted by atomic mass is 19.1. The normalized spacial score (nSPS) is 13.4. The van der Waals surface area contributed by atoms with E-state index in [0.717, 1.165) is 31.4 Å². The molecule has 0 radical (unpaired) electrons. The fourth-order valence-corrected chi connectivity index (χ4v) is 4.63. The van der Waals surface area contributed by atoms with Gasteiger partial charge >= 0.3 is 6.03 Å². The number of carbonyl (C=O) groups is 2. The fraction of sp³-hybridized carbons (Fsp3) is 0.214. The number of rotatable bonds is 6. The fourth-order valence-electron chi connectivity index (χ4n) is 4.63. The van der Waals surface area contributed by atoms with E-state index in [1.165, 1.54) is 35.3 Å². The average molecular weight is 500 g/mol. The molecule has 4 aromatic rings. The average Bonchev–Trinajstić information content (AvgIpc) is 3.58. The smallest absolute Gasteiger partial charge is 0.342 e. The van der Waals surface area contributed by atoms with E-state index in [1.54, 1.807) is 36.4 Å². The number of benzene rings is 2. The van der Waals surface area contributed by atoms with Gasteiger partial charge in [-0.3, -0.25) is 9.78 Å². The Morgan fingerprint density at radius 3 is 2.54 bits per heavy atom. The summed E-state index contributed by atoms with van der Waals surface area (Å²) in [6.45, 7) is 0.160. The number of nitrogens with zero attached hydrogens (tertiary/aromatic N) is 3. The molecule has 0 bridgehead atoms. The summed E-state index contributed by atoms with van der Waals surface area (Å²) in [5.74, 6) is -0.578. The predicted molar refractivity (Wildman–Crippen MR) is 137 cm³/mol. The summed E-state index contributed by atoms with van der Waals surface area (Å²) in [5.41, 5.74) is 3.18. The van der Waals surface area contributed by atoms with Crippen LogP contribution in [-0.2, 0) is 6.54 Å². The Kier molecular flexibility index (Phi) is 6.93. The lowest BCUT2D eigenvalue weighted by molar-refractivity contribution is 0.102. The van der Waals surface area contributed by atoms with Crippen molar-refractivity contribution in [3.63, 3.8) is 0 Å². The second kappa shape index (κ2) is 10.6. The van der Waals surface area contributed by atoms with Crippen molar-refractivity contribution in [2.24, 2.45) is 0 Å². The molecule has 3 N–H and O–H groups in total. The number of anilines is 1. The van der Waals surface area contributed by atoms with E-state index in [4.69, 9.17) is 0 Å². The SMILES string of the molecule is O=C(Nc1ccc(-c2cc(C3CCCC3)n(C(=O)NCc3cccc(F)c3)n2)c(O)c1)c1ccncc1. The summed E-state index contributed by atoms with van der Waals surface area (Å²) >= 11 is 0. The number of aromatic nitrogens is 3. The molecule has 0 saturated heterocycles. The number of hydrogen-bond donors (Lipinski definition) is 3. The highest BCUT2D eigenvalue weighted by Gasteiger charge is 2.26. The van der Waals surface area contributed by atoms with Gasteiger partial charge in [0.2, 0.25) is 0 Å². The standard InChI is InChI=1S/C28H26FN5O3/c29-21-7-3-4-18(14-21)17-31-28(37)34-25(19-5-1-2-6-19)16-24(33-34)23-9-8-22(15-26(23)35)32-27(36)20-10-12-30-13-11-20/h3-4,7-16,19,35H,1-2,5-6,17H2,(H,31,37)(H,32,36). The maximum absolute atomic E-state index is 13.5. The van der Waals surface area contributed by atoms with Crippen LogP contribution >= 0.6 is 0 Å². The molecule has 2 aromatic carbocycles. The van der Waals surface area contributed by atoms with Crippen molar-refractivity contribution in [2.45, 2.75) is 38.1 Å². The van der Waals surface area contributed by atoms with Gasteiger partial charge < -0.3 is 15.7 Å². The van der Waals surface area contributed by atoms with E-state index in [9.17, 15) is 19.1 Å². The van der Waals surface area contributed by atoms with Crippen LogP contribution in [-0.4, -0.2) is 31.8 Å². The summed E-state index contributed by atoms with van der Waals surface area (Å²) in [7, 11) is 0. The Morgan fingerprint density at radius 2 is 1.81 bits per heavy atom. The van der Waals surface area contributed by atoms with E-state index in [0.29, 0.717) is 28.1 Å². The number of amides is 2. The summed E-state index contributed by atoms with van der Waals surface area (Å²) in [6, 6.07) is 15.5. The second-order valence-corrected chi connectivity index (χ2v) is 9.06. The summed E-state index contributed by atoms with van der Waals surface area (Å²) < 4.78 is 14.9. The van der Waals surface area contributed by atoms with E-state index >= 15 is 0 Å². The lowest BCUT2D eigenvalue weighted by Gasteiger charge is -2.12. The molecule has 9 heteroatoms. The van der Waals surface area contributed by atoms with Gasteiger partial charge in [0.05, 0.1) is 11.4 Å². The molecule has 2 amide bonds. The molecular formula is C28H26FN5O3. The van der Waals surface area contributed by atoms with E-state index in [-0.39, 0.29) is 29.9 Å². The van der Waals surface area contributed by atoms with Crippen LogP contribution in [0.1, 0.15) is 53.2 Å². The van der Waals surface area contributed by atoms with Crippen LogP contribution in [0.4, 0.5) is 14.9 Å². The van der Waals surface area contributed by atoms with Gasteiger partial charge in [0.25, 0.3) is 5.91 Å². The van der Waals surface area contributed by atoms with Crippen molar-refractivity contribution >= 4 is 17.6 Å². The maximum atomic E-state index is 13.5. The summed E-state index contributed by atoms with van der Waals surface area (Å²) in [5, 5.41) is 20.9. The topological polar surface area (TPSA) is 109 Å². The van der Waals surface area contributed by atoms with E-state index in [1.807, 2.05) is 6.07 Å². The molecular weight excluding hydrogens is 473 g/mol. The first-order valence-corrected chi connectivity index (χ1v) is 12.2. The molecule has 2 aromatic heterocycles. The van der Waals surface area contributed by atoms with Gasteiger partial charge in [-0.25, -0.2) is 9.18 Å². The Balaban J connectivity index is 1.38. The van der Waals surface area contributed by atoms with Gasteiger partial charge in [0, 0.05) is 47.7 Å². The molecule has 1 saturated carbocycles. The van der Waals surface area contributed by atoms with Crippen LogP contribution in [0.15, 0.2) is 73.1 Å². The molecule has 2 heterocycles. The van der Waals surface area contributed by atoms with Crippen molar-refractivity contribution in [3.8, 4) is 17.0 Å². The van der Waals surface area contributed by atoms with Crippen molar-refractivity contribution in [1.29, 1.82) is 0 Å². The van der Waals surface area contributed by atoms with Gasteiger partial charge in [-0.2, -0.15) is 9.78 Å². The molecule has 0 unspecified atom stereocenters. The number of carbonyl (C=O) groups excluding carboxylic acids is 2. The highest BCUT2D eigenvalue weighted by molar-refractivity contribution is 6.04. The molecule has 0 atom stereocenters. The number of halogens is 1. The minimum Gasteiger partial charge on any atom is -0.507 e. The van der Waals surface area contributed by atoms with Crippen molar-refractivity contribution < 1.29 is 19.1 Å². The molecule has 37 heavy (non-hydrogen) atoms. The first-order valence-electron chi connectivity index (χ1n) is 12.2. The number of aromatic hydroxyl groups is 1. The molecule has 0 spiro atoms. The molecule has 1 aliphatic carbocycles. The predicted octanol–water partition coefficient (Wildman–Crippen LogP) is 5.46. The first-order chi connectivity index (χ1) is 18.0. The first kappa shape index (κ1) is 24.2. The minimum atomic E-state index is -0.418. The van der Waals surface area contributed by atoms with Crippen molar-refractivity contribution in [1.82, 2.24) is 20.1 Å². The van der Waals surface area contributed by atoms with Gasteiger partial charge in [0.1, 0.15) is 11.6 Å². The van der Waals surface area contributed by atoms with Crippen LogP contribution in [0.2, 0.25) is 0 Å². The lowest BCUT2D eigenvalue weighted by Crippen LogP contribution is -2.30. The Bertz CT molecular complexity index is 1430. The largest absolute Gasteiger partial charge is 0.507 e. The number of hydrogen-bond acceptors (Lipinski definition) is 5. The van der Waals surface area contributed by atoms with Crippen LogP contribution in [0.5, 0.6) is 5.75 Å². The molecule has 5 rings (SSSR count). The maximum Gasteiger partial charge on any atom is 0.342 e. The third-order valence-electron chi connectivity index (χ3n) is 6.51. The zero-order valence-corrected chi connectivity index (χ0v) is 20.0. The van der Waals surface area contributed by atoms with Crippen LogP contribution in [0.3, 0.4) is 0 Å². The second-order valence-electron chi connectivity index (χ2n) is 9.06. The Labute approximate surface area is 213 Å². The summed E-state index contributed by atoms with van der Waals surface area (Å²) in [6.07, 6.45) is 7.12. The van der Waals surface area contributed by atoms with E-state index in [2.05, 4.69) is 20.7 Å². The quantitative estimate of drug-likeness (QED) is 0.327. The Hall–Kier alpha value is -4.53. The lowest BCUT2D eigenvalue weighted by atomic mass is 10.0. The van der Waals surface area contributed by atoms with E-state index < -0.39 is 6.03 Å². The molecule has 8 nitrogen and oxygen atoms in total. The third-order valence-corrected chi connectivity index (χ3v) is 6.51. The monoisotopic (exact) mass is 499 g/mol. The molecule has 1 aliphatic rings. The van der Waals surface area contributed by atoms with Crippen molar-refractivity contribution in [3.05, 3.63) is 95.7 Å². The summed E-state index contributed by atoms with van der Waals surface area (Å²) in [4.78, 5) is 29.4. The van der Waals surface area contributed by atoms with Gasteiger partial charge in [0.15, 0.2) is 0 Å². The number of pyridine rings is 1. The van der Waals surface area contributed by atoms with Crippen LogP contribution in [0.25, 0.3) is 11.3 Å². The number of phenolic OH excluding ortho intramolecular Hbond substituents is 1. The third kappa shape index (κ3) is 5.50. The van der Waals surface area contributed by atoms with Crippen LogP contribution < -0.4 is 10.6 Å². The molecule has 1 fully saturated rings. The van der Waals surface area contributed by atoms with Gasteiger partial charge in [-0.05, 0) is 60.9 Å². The van der Waals surface area contributed by atoms with Crippen molar-refractivity contribution in [2.75, 3.05) is 5.32 Å². The highest BCUT2D eigenvalue weighted by Crippen LogP contribution is 2.38. The van der Waals surface area contributed by atoms with Gasteiger partial charge in [-0.15, -0.1) is 0 Å². The Morgan fingerprint density at radius 1 is 1.03 bits per heavy atom. The van der Waals surface area contributed by atoms with Gasteiger partial charge in [-0.1, -0.05) is 25.0 Å². The molecule has 188 valence electrons. The zero-order chi connectivity index (χ0) is 25.8. The zero-order valence-electron chi connectivity index (χ0n) is 20.0. The minimum absolute atomic E-state index is 0.0738.